The van der Waals surface area contributed by atoms with E-state index in [0.29, 0.717) is 0 Å². The van der Waals surface area contributed by atoms with E-state index >= 15 is 0 Å². The van der Waals surface area contributed by atoms with E-state index in [0.717, 1.165) is 11.1 Å². The van der Waals surface area contributed by atoms with Crippen LogP contribution in [0.25, 0.3) is 0 Å². The van der Waals surface area contributed by atoms with Crippen LogP contribution in [0.2, 0.25) is 0 Å². The molecule has 0 spiro atoms. The molecular formula is C12H15NO3. The molecule has 0 aliphatic carbocycles. The Hall–Kier alpha value is -1.84. The van der Waals surface area contributed by atoms with Gasteiger partial charge in [-0.2, -0.15) is 0 Å². The standard InChI is InChI=1S/C12H15NO3/c1-8-3-5-10(6-4-8)11(7-12(15)16)13-9(2)14/h3-6,11H,7H2,1-2H3,(H,13,14)(H,15,16). The van der Waals surface area contributed by atoms with Crippen LogP contribution in [0.5, 0.6) is 0 Å². The largest absolute Gasteiger partial charge is 0.481 e. The van der Waals surface area contributed by atoms with Gasteiger partial charge in [-0.15, -0.1) is 0 Å². The fourth-order valence-electron chi connectivity index (χ4n) is 1.47. The first kappa shape index (κ1) is 12.2. The van der Waals surface area contributed by atoms with Crippen LogP contribution in [-0.4, -0.2) is 17.0 Å². The summed E-state index contributed by atoms with van der Waals surface area (Å²) in [6.07, 6.45) is -0.108. The zero-order valence-corrected chi connectivity index (χ0v) is 9.36. The highest BCUT2D eigenvalue weighted by Gasteiger charge is 2.15. The number of carbonyl (C=O) groups is 2. The van der Waals surface area contributed by atoms with Gasteiger partial charge in [0.1, 0.15) is 0 Å². The second kappa shape index (κ2) is 5.30. The van der Waals surface area contributed by atoms with Crippen molar-refractivity contribution in [1.82, 2.24) is 5.32 Å². The summed E-state index contributed by atoms with van der Waals surface area (Å²) in [5.74, 6) is -1.16. The molecule has 0 heterocycles. The molecule has 0 aromatic heterocycles. The Kier molecular flexibility index (Phi) is 4.05. The first-order chi connectivity index (χ1) is 7.49. The SMILES string of the molecule is CC(=O)NC(CC(=O)O)c1ccc(C)cc1. The number of aryl methyl sites for hydroxylation is 1. The van der Waals surface area contributed by atoms with Crippen LogP contribution in [0, 0.1) is 6.92 Å². The molecule has 0 bridgehead atoms. The molecule has 0 saturated carbocycles. The Balaban J connectivity index is 2.86. The number of carboxylic acid groups (broad SMARTS) is 1. The normalized spacial score (nSPS) is 11.9. The van der Waals surface area contributed by atoms with Crippen molar-refractivity contribution < 1.29 is 14.7 Å². The number of benzene rings is 1. The Morgan fingerprint density at radius 3 is 2.31 bits per heavy atom. The van der Waals surface area contributed by atoms with Crippen LogP contribution in [0.1, 0.15) is 30.5 Å². The molecule has 4 nitrogen and oxygen atoms in total. The highest BCUT2D eigenvalue weighted by Crippen LogP contribution is 2.17. The van der Waals surface area contributed by atoms with E-state index in [9.17, 15) is 9.59 Å². The lowest BCUT2D eigenvalue weighted by Crippen LogP contribution is -2.27. The van der Waals surface area contributed by atoms with Crippen molar-refractivity contribution in [3.05, 3.63) is 35.4 Å². The quantitative estimate of drug-likeness (QED) is 0.812. The van der Waals surface area contributed by atoms with E-state index in [1.807, 2.05) is 31.2 Å². The van der Waals surface area contributed by atoms with Gasteiger partial charge in [-0.05, 0) is 12.5 Å². The van der Waals surface area contributed by atoms with Gasteiger partial charge >= 0.3 is 5.97 Å². The molecule has 2 N–H and O–H groups in total. The van der Waals surface area contributed by atoms with E-state index in [2.05, 4.69) is 5.32 Å². The first-order valence-electron chi connectivity index (χ1n) is 5.04. The zero-order chi connectivity index (χ0) is 12.1. The molecule has 1 unspecified atom stereocenters. The molecular weight excluding hydrogens is 206 g/mol. The van der Waals surface area contributed by atoms with Gasteiger partial charge < -0.3 is 10.4 Å². The fourth-order valence-corrected chi connectivity index (χ4v) is 1.47. The number of carboxylic acids is 1. The van der Waals surface area contributed by atoms with Crippen LogP contribution < -0.4 is 5.32 Å². The second-order valence-electron chi connectivity index (χ2n) is 3.76. The van der Waals surface area contributed by atoms with E-state index in [4.69, 9.17) is 5.11 Å². The summed E-state index contributed by atoms with van der Waals surface area (Å²) in [5.41, 5.74) is 1.91. The predicted molar refractivity (Wildman–Crippen MR) is 60.0 cm³/mol. The summed E-state index contributed by atoms with van der Waals surface area (Å²) < 4.78 is 0. The predicted octanol–water partition coefficient (Wildman–Crippen LogP) is 1.65. The maximum absolute atomic E-state index is 11.0. The van der Waals surface area contributed by atoms with Crippen molar-refractivity contribution in [3.8, 4) is 0 Å². The summed E-state index contributed by atoms with van der Waals surface area (Å²) in [6.45, 7) is 3.33. The molecule has 16 heavy (non-hydrogen) atoms. The van der Waals surface area contributed by atoms with Crippen LogP contribution in [0.4, 0.5) is 0 Å². The van der Waals surface area contributed by atoms with Gasteiger partial charge in [-0.25, -0.2) is 0 Å². The summed E-state index contributed by atoms with van der Waals surface area (Å²) in [6, 6.07) is 6.99. The van der Waals surface area contributed by atoms with Crippen molar-refractivity contribution in [3.63, 3.8) is 0 Å². The van der Waals surface area contributed by atoms with Crippen LogP contribution in [-0.2, 0) is 9.59 Å². The average molecular weight is 221 g/mol. The molecule has 1 aromatic carbocycles. The molecule has 4 heteroatoms. The summed E-state index contributed by atoms with van der Waals surface area (Å²) in [7, 11) is 0. The molecule has 1 atom stereocenters. The summed E-state index contributed by atoms with van der Waals surface area (Å²) >= 11 is 0. The Bertz CT molecular complexity index is 368. The lowest BCUT2D eigenvalue weighted by Gasteiger charge is -2.16. The van der Waals surface area contributed by atoms with E-state index in [1.165, 1.54) is 6.92 Å². The van der Waals surface area contributed by atoms with Crippen LogP contribution in [0.3, 0.4) is 0 Å². The van der Waals surface area contributed by atoms with Crippen molar-refractivity contribution in [2.45, 2.75) is 26.3 Å². The third-order valence-corrected chi connectivity index (χ3v) is 2.24. The van der Waals surface area contributed by atoms with Crippen molar-refractivity contribution in [2.24, 2.45) is 0 Å². The molecule has 1 amide bonds. The van der Waals surface area contributed by atoms with Crippen LogP contribution in [0.15, 0.2) is 24.3 Å². The Morgan fingerprint density at radius 2 is 1.88 bits per heavy atom. The minimum atomic E-state index is -0.931. The molecule has 1 aromatic rings. The van der Waals surface area contributed by atoms with Gasteiger partial charge in [0.25, 0.3) is 0 Å². The molecule has 1 rings (SSSR count). The fraction of sp³-hybridized carbons (Fsp3) is 0.333. The van der Waals surface area contributed by atoms with Gasteiger partial charge in [0.05, 0.1) is 12.5 Å². The Labute approximate surface area is 94.3 Å². The van der Waals surface area contributed by atoms with Gasteiger partial charge in [0.2, 0.25) is 5.91 Å². The van der Waals surface area contributed by atoms with Gasteiger partial charge in [0, 0.05) is 6.92 Å². The van der Waals surface area contributed by atoms with Crippen LogP contribution >= 0.6 is 0 Å². The summed E-state index contributed by atoms with van der Waals surface area (Å²) in [4.78, 5) is 21.7. The molecule has 0 fully saturated rings. The lowest BCUT2D eigenvalue weighted by molar-refractivity contribution is -0.137. The monoisotopic (exact) mass is 221 g/mol. The number of amides is 1. The van der Waals surface area contributed by atoms with Crippen molar-refractivity contribution in [2.75, 3.05) is 0 Å². The topological polar surface area (TPSA) is 66.4 Å². The first-order valence-corrected chi connectivity index (χ1v) is 5.04. The number of nitrogens with one attached hydrogen (secondary N) is 1. The molecule has 86 valence electrons. The van der Waals surface area contributed by atoms with E-state index < -0.39 is 12.0 Å². The third kappa shape index (κ3) is 3.73. The van der Waals surface area contributed by atoms with Gasteiger partial charge in [-0.1, -0.05) is 29.8 Å². The second-order valence-corrected chi connectivity index (χ2v) is 3.76. The highest BCUT2D eigenvalue weighted by atomic mass is 16.4. The molecule has 0 radical (unpaired) electrons. The van der Waals surface area contributed by atoms with E-state index in [1.54, 1.807) is 0 Å². The average Bonchev–Trinajstić information content (AvgIpc) is 2.16. The van der Waals surface area contributed by atoms with Gasteiger partial charge in [-0.3, -0.25) is 9.59 Å². The maximum Gasteiger partial charge on any atom is 0.305 e. The van der Waals surface area contributed by atoms with E-state index in [-0.39, 0.29) is 12.3 Å². The number of hydrogen-bond acceptors (Lipinski definition) is 2. The smallest absolute Gasteiger partial charge is 0.305 e. The maximum atomic E-state index is 11.0. The molecule has 0 aliphatic heterocycles. The molecule has 0 saturated heterocycles. The minimum Gasteiger partial charge on any atom is -0.481 e. The van der Waals surface area contributed by atoms with Crippen molar-refractivity contribution in [1.29, 1.82) is 0 Å². The number of hydrogen-bond donors (Lipinski definition) is 2. The Morgan fingerprint density at radius 1 is 1.31 bits per heavy atom. The lowest BCUT2D eigenvalue weighted by atomic mass is 10.0. The highest BCUT2D eigenvalue weighted by molar-refractivity contribution is 5.75. The van der Waals surface area contributed by atoms with Gasteiger partial charge in [0.15, 0.2) is 0 Å². The number of rotatable bonds is 4. The number of aliphatic carboxylic acids is 1. The molecule has 0 aliphatic rings. The zero-order valence-electron chi connectivity index (χ0n) is 9.36. The minimum absolute atomic E-state index is 0.108. The number of carbonyl (C=O) groups excluding carboxylic acids is 1. The third-order valence-electron chi connectivity index (χ3n) is 2.24. The summed E-state index contributed by atoms with van der Waals surface area (Å²) in [5, 5.41) is 11.4. The van der Waals surface area contributed by atoms with Crippen molar-refractivity contribution >= 4 is 11.9 Å².